The van der Waals surface area contributed by atoms with Crippen LogP contribution in [-0.4, -0.2) is 11.7 Å². The van der Waals surface area contributed by atoms with Crippen LogP contribution in [0.4, 0.5) is 0 Å². The largest absolute Gasteiger partial charge is 0.388 e. The Hall–Kier alpha value is -0.860. The molecule has 0 spiro atoms. The average molecular weight is 291 g/mol. The molecule has 21 heavy (non-hydrogen) atoms. The van der Waals surface area contributed by atoms with Gasteiger partial charge < -0.3 is 10.8 Å². The zero-order valence-corrected chi connectivity index (χ0v) is 13.9. The minimum absolute atomic E-state index is 0.297. The Morgan fingerprint density at radius 3 is 2.00 bits per heavy atom. The number of nitrogens with two attached hydrogens (primary N) is 1. The van der Waals surface area contributed by atoms with Crippen molar-refractivity contribution in [3.63, 3.8) is 0 Å². The fourth-order valence-electron chi connectivity index (χ4n) is 2.68. The van der Waals surface area contributed by atoms with Crippen molar-refractivity contribution < 1.29 is 5.11 Å². The Labute approximate surface area is 130 Å². The monoisotopic (exact) mass is 291 g/mol. The second kappa shape index (κ2) is 10.8. The molecule has 0 bridgehead atoms. The van der Waals surface area contributed by atoms with Gasteiger partial charge in [0, 0.05) is 0 Å². The van der Waals surface area contributed by atoms with Crippen LogP contribution >= 0.6 is 0 Å². The average Bonchev–Trinajstić information content (AvgIpc) is 2.48. The van der Waals surface area contributed by atoms with Crippen LogP contribution < -0.4 is 5.73 Å². The molecule has 1 aromatic rings. The molecule has 3 N–H and O–H groups in total. The van der Waals surface area contributed by atoms with Crippen LogP contribution in [0.2, 0.25) is 0 Å². The quantitative estimate of drug-likeness (QED) is 0.575. The minimum atomic E-state index is -0.297. The second-order valence-electron chi connectivity index (χ2n) is 6.27. The Morgan fingerprint density at radius 1 is 0.857 bits per heavy atom. The van der Waals surface area contributed by atoms with Crippen molar-refractivity contribution in [1.82, 2.24) is 0 Å². The van der Waals surface area contributed by atoms with E-state index in [2.05, 4.69) is 32.0 Å². The van der Waals surface area contributed by atoms with E-state index in [-0.39, 0.29) is 6.10 Å². The first kappa shape index (κ1) is 18.2. The predicted molar refractivity (Wildman–Crippen MR) is 91.5 cm³/mol. The van der Waals surface area contributed by atoms with E-state index in [0.717, 1.165) is 24.9 Å². The van der Waals surface area contributed by atoms with E-state index in [1.807, 2.05) is 0 Å². The number of aliphatic hydroxyl groups is 1. The zero-order valence-electron chi connectivity index (χ0n) is 13.9. The molecule has 1 aromatic carbocycles. The molecule has 0 radical (unpaired) electrons. The highest BCUT2D eigenvalue weighted by Crippen LogP contribution is 2.22. The molecule has 0 fully saturated rings. The first-order chi connectivity index (χ1) is 10.1. The SMILES string of the molecule is Cc1ccc([C@H](O)CCCCCCCCCCN)cc1C. The van der Waals surface area contributed by atoms with Gasteiger partial charge in [0.15, 0.2) is 0 Å². The highest BCUT2D eigenvalue weighted by molar-refractivity contribution is 5.31. The van der Waals surface area contributed by atoms with Crippen molar-refractivity contribution in [3.05, 3.63) is 34.9 Å². The van der Waals surface area contributed by atoms with Crippen LogP contribution in [-0.2, 0) is 0 Å². The summed E-state index contributed by atoms with van der Waals surface area (Å²) in [5.74, 6) is 0. The van der Waals surface area contributed by atoms with Crippen molar-refractivity contribution in [3.8, 4) is 0 Å². The minimum Gasteiger partial charge on any atom is -0.388 e. The van der Waals surface area contributed by atoms with E-state index < -0.39 is 0 Å². The lowest BCUT2D eigenvalue weighted by Gasteiger charge is -2.12. The Kier molecular flexibility index (Phi) is 9.36. The van der Waals surface area contributed by atoms with E-state index in [0.29, 0.717) is 0 Å². The van der Waals surface area contributed by atoms with Crippen molar-refractivity contribution in [1.29, 1.82) is 0 Å². The maximum atomic E-state index is 10.2. The maximum Gasteiger partial charge on any atom is 0.0790 e. The predicted octanol–water partition coefficient (Wildman–Crippen LogP) is 4.81. The highest BCUT2D eigenvalue weighted by atomic mass is 16.3. The first-order valence-electron chi connectivity index (χ1n) is 8.60. The van der Waals surface area contributed by atoms with Crippen molar-refractivity contribution in [2.24, 2.45) is 5.73 Å². The summed E-state index contributed by atoms with van der Waals surface area (Å²) in [4.78, 5) is 0. The third kappa shape index (κ3) is 7.63. The molecule has 0 heterocycles. The summed E-state index contributed by atoms with van der Waals surface area (Å²) < 4.78 is 0. The first-order valence-corrected chi connectivity index (χ1v) is 8.60. The molecular formula is C19H33NO. The number of hydrogen-bond acceptors (Lipinski definition) is 2. The van der Waals surface area contributed by atoms with Crippen LogP contribution in [0.3, 0.4) is 0 Å². The Balaban J connectivity index is 2.08. The number of hydrogen-bond donors (Lipinski definition) is 2. The topological polar surface area (TPSA) is 46.2 Å². The summed E-state index contributed by atoms with van der Waals surface area (Å²) in [6.45, 7) is 5.05. The van der Waals surface area contributed by atoms with Crippen LogP contribution in [0.1, 0.15) is 80.6 Å². The molecule has 0 aliphatic rings. The van der Waals surface area contributed by atoms with Crippen molar-refractivity contribution in [2.75, 3.05) is 6.54 Å². The molecule has 0 saturated carbocycles. The third-order valence-electron chi connectivity index (χ3n) is 4.35. The van der Waals surface area contributed by atoms with Crippen LogP contribution in [0.25, 0.3) is 0 Å². The Morgan fingerprint density at radius 2 is 1.43 bits per heavy atom. The molecule has 0 aliphatic carbocycles. The maximum absolute atomic E-state index is 10.2. The van der Waals surface area contributed by atoms with Gasteiger partial charge in [-0.25, -0.2) is 0 Å². The van der Waals surface area contributed by atoms with Crippen molar-refractivity contribution >= 4 is 0 Å². The number of benzene rings is 1. The zero-order chi connectivity index (χ0) is 15.5. The number of aryl methyl sites for hydroxylation is 2. The highest BCUT2D eigenvalue weighted by Gasteiger charge is 2.07. The summed E-state index contributed by atoms with van der Waals surface area (Å²) >= 11 is 0. The van der Waals surface area contributed by atoms with Crippen LogP contribution in [0, 0.1) is 13.8 Å². The molecule has 1 atom stereocenters. The van der Waals surface area contributed by atoms with Crippen LogP contribution in [0.5, 0.6) is 0 Å². The molecule has 1 rings (SSSR count). The molecule has 0 aromatic heterocycles. The van der Waals surface area contributed by atoms with E-state index in [9.17, 15) is 5.11 Å². The van der Waals surface area contributed by atoms with Gasteiger partial charge in [0.25, 0.3) is 0 Å². The molecule has 120 valence electrons. The van der Waals surface area contributed by atoms with Gasteiger partial charge in [0.1, 0.15) is 0 Å². The summed E-state index contributed by atoms with van der Waals surface area (Å²) in [5.41, 5.74) is 9.11. The lowest BCUT2D eigenvalue weighted by Crippen LogP contribution is -1.98. The smallest absolute Gasteiger partial charge is 0.0790 e. The summed E-state index contributed by atoms with van der Waals surface area (Å²) in [6, 6.07) is 6.29. The standard InChI is InChI=1S/C19H33NO/c1-16-12-13-18(15-17(16)2)19(21)11-9-7-5-3-4-6-8-10-14-20/h12-13,15,19,21H,3-11,14,20H2,1-2H3/t19-/m1/s1. The van der Waals surface area contributed by atoms with Crippen molar-refractivity contribution in [2.45, 2.75) is 77.7 Å². The van der Waals surface area contributed by atoms with Gasteiger partial charge in [-0.15, -0.1) is 0 Å². The van der Waals surface area contributed by atoms with Gasteiger partial charge in [0.2, 0.25) is 0 Å². The lowest BCUT2D eigenvalue weighted by molar-refractivity contribution is 0.163. The second-order valence-corrected chi connectivity index (χ2v) is 6.27. The van der Waals surface area contributed by atoms with Gasteiger partial charge in [-0.2, -0.15) is 0 Å². The van der Waals surface area contributed by atoms with Gasteiger partial charge in [-0.05, 0) is 49.9 Å². The van der Waals surface area contributed by atoms with E-state index >= 15 is 0 Å². The Bertz CT molecular complexity index is 389. The van der Waals surface area contributed by atoms with E-state index in [1.54, 1.807) is 0 Å². The lowest BCUT2D eigenvalue weighted by atomic mass is 9.98. The van der Waals surface area contributed by atoms with Gasteiger partial charge in [-0.3, -0.25) is 0 Å². The van der Waals surface area contributed by atoms with Gasteiger partial charge >= 0.3 is 0 Å². The number of aliphatic hydroxyl groups excluding tert-OH is 1. The molecular weight excluding hydrogens is 258 g/mol. The van der Waals surface area contributed by atoms with E-state index in [4.69, 9.17) is 5.73 Å². The molecule has 0 aliphatic heterocycles. The van der Waals surface area contributed by atoms with E-state index in [1.165, 1.54) is 56.1 Å². The third-order valence-corrected chi connectivity index (χ3v) is 4.35. The fourth-order valence-corrected chi connectivity index (χ4v) is 2.68. The molecule has 0 amide bonds. The summed E-state index contributed by atoms with van der Waals surface area (Å²) in [6.07, 6.45) is 10.7. The number of rotatable bonds is 11. The number of unbranched alkanes of at least 4 members (excludes halogenated alkanes) is 7. The van der Waals surface area contributed by atoms with Gasteiger partial charge in [0.05, 0.1) is 6.10 Å². The molecule has 0 unspecified atom stereocenters. The summed E-state index contributed by atoms with van der Waals surface area (Å²) in [7, 11) is 0. The van der Waals surface area contributed by atoms with Crippen LogP contribution in [0.15, 0.2) is 18.2 Å². The molecule has 2 heteroatoms. The normalized spacial score (nSPS) is 12.6. The fraction of sp³-hybridized carbons (Fsp3) is 0.684. The van der Waals surface area contributed by atoms with Gasteiger partial charge in [-0.1, -0.05) is 63.1 Å². The molecule has 2 nitrogen and oxygen atoms in total. The molecule has 0 saturated heterocycles. The summed E-state index contributed by atoms with van der Waals surface area (Å²) in [5, 5.41) is 10.2.